The molecule has 2 N–H and O–H groups in total. The van der Waals surface area contributed by atoms with E-state index in [9.17, 15) is 5.11 Å². The van der Waals surface area contributed by atoms with Crippen LogP contribution in [-0.2, 0) is 6.54 Å². The summed E-state index contributed by atoms with van der Waals surface area (Å²) in [6.45, 7) is 6.10. The lowest BCUT2D eigenvalue weighted by atomic mass is 10.2. The number of hydrogen-bond donors (Lipinski definition) is 2. The fourth-order valence-corrected chi connectivity index (χ4v) is 2.48. The highest BCUT2D eigenvalue weighted by Gasteiger charge is 2.21. The molecule has 1 aromatic carbocycles. The van der Waals surface area contributed by atoms with Crippen LogP contribution in [0.2, 0.25) is 0 Å². The van der Waals surface area contributed by atoms with Crippen LogP contribution in [0.15, 0.2) is 30.3 Å². The summed E-state index contributed by atoms with van der Waals surface area (Å²) in [5, 5.41) is 12.7. The van der Waals surface area contributed by atoms with Crippen LogP contribution in [0.5, 0.6) is 0 Å². The molecule has 0 radical (unpaired) electrons. The van der Waals surface area contributed by atoms with Gasteiger partial charge in [-0.25, -0.2) is 0 Å². The largest absolute Gasteiger partial charge is 0.393 e. The molecule has 1 aliphatic rings. The van der Waals surface area contributed by atoms with Gasteiger partial charge < -0.3 is 10.4 Å². The van der Waals surface area contributed by atoms with E-state index < -0.39 is 0 Å². The van der Waals surface area contributed by atoms with Crippen molar-refractivity contribution in [3.63, 3.8) is 0 Å². The van der Waals surface area contributed by atoms with Crippen molar-refractivity contribution in [2.45, 2.75) is 38.5 Å². The SMILES string of the molecule is CC(O)CCNC1CCN(Cc2ccccc2)C1. The first-order valence-corrected chi connectivity index (χ1v) is 6.92. The highest BCUT2D eigenvalue weighted by Crippen LogP contribution is 2.13. The van der Waals surface area contributed by atoms with E-state index in [0.29, 0.717) is 6.04 Å². The Morgan fingerprint density at radius 2 is 2.17 bits per heavy atom. The van der Waals surface area contributed by atoms with Crippen LogP contribution in [0.1, 0.15) is 25.3 Å². The number of rotatable bonds is 6. The van der Waals surface area contributed by atoms with E-state index in [-0.39, 0.29) is 6.10 Å². The van der Waals surface area contributed by atoms with Crippen molar-refractivity contribution in [1.29, 1.82) is 0 Å². The van der Waals surface area contributed by atoms with E-state index in [2.05, 4.69) is 40.5 Å². The molecule has 2 atom stereocenters. The first-order valence-electron chi connectivity index (χ1n) is 6.92. The average Bonchev–Trinajstić information content (AvgIpc) is 2.78. The third-order valence-electron chi connectivity index (χ3n) is 3.52. The van der Waals surface area contributed by atoms with E-state index in [1.54, 1.807) is 0 Å². The lowest BCUT2D eigenvalue weighted by Gasteiger charge is -2.17. The Kier molecular flexibility index (Phi) is 5.17. The first kappa shape index (κ1) is 13.5. The number of likely N-dealkylation sites (tertiary alicyclic amines) is 1. The van der Waals surface area contributed by atoms with Crippen molar-refractivity contribution in [1.82, 2.24) is 10.2 Å². The summed E-state index contributed by atoms with van der Waals surface area (Å²) >= 11 is 0. The molecule has 3 nitrogen and oxygen atoms in total. The van der Waals surface area contributed by atoms with Crippen LogP contribution >= 0.6 is 0 Å². The topological polar surface area (TPSA) is 35.5 Å². The summed E-state index contributed by atoms with van der Waals surface area (Å²) < 4.78 is 0. The summed E-state index contributed by atoms with van der Waals surface area (Å²) in [5.74, 6) is 0. The second-order valence-electron chi connectivity index (χ2n) is 5.30. The highest BCUT2D eigenvalue weighted by atomic mass is 16.3. The monoisotopic (exact) mass is 248 g/mol. The summed E-state index contributed by atoms with van der Waals surface area (Å²) in [5.41, 5.74) is 1.39. The summed E-state index contributed by atoms with van der Waals surface area (Å²) in [7, 11) is 0. The summed E-state index contributed by atoms with van der Waals surface area (Å²) in [6.07, 6.45) is 1.86. The molecule has 1 fully saturated rings. The molecule has 0 saturated carbocycles. The number of aliphatic hydroxyl groups is 1. The quantitative estimate of drug-likeness (QED) is 0.803. The standard InChI is InChI=1S/C15H24N2O/c1-13(18)7-9-16-15-8-10-17(12-15)11-14-5-3-2-4-6-14/h2-6,13,15-16,18H,7-12H2,1H3. The van der Waals surface area contributed by atoms with Crippen molar-refractivity contribution in [3.8, 4) is 0 Å². The molecule has 1 aliphatic heterocycles. The fraction of sp³-hybridized carbons (Fsp3) is 0.600. The van der Waals surface area contributed by atoms with Gasteiger partial charge in [-0.15, -0.1) is 0 Å². The van der Waals surface area contributed by atoms with Gasteiger partial charge in [0.1, 0.15) is 0 Å². The van der Waals surface area contributed by atoms with E-state index in [1.807, 2.05) is 6.92 Å². The average molecular weight is 248 g/mol. The molecule has 100 valence electrons. The molecule has 2 unspecified atom stereocenters. The van der Waals surface area contributed by atoms with Crippen LogP contribution in [0.3, 0.4) is 0 Å². The van der Waals surface area contributed by atoms with Gasteiger partial charge in [0.05, 0.1) is 6.10 Å². The minimum absolute atomic E-state index is 0.195. The lowest BCUT2D eigenvalue weighted by Crippen LogP contribution is -2.34. The maximum Gasteiger partial charge on any atom is 0.0524 e. The third kappa shape index (κ3) is 4.41. The molecule has 0 bridgehead atoms. The van der Waals surface area contributed by atoms with E-state index >= 15 is 0 Å². The Labute approximate surface area is 110 Å². The van der Waals surface area contributed by atoms with Gasteiger partial charge in [-0.3, -0.25) is 4.90 Å². The van der Waals surface area contributed by atoms with Gasteiger partial charge in [-0.1, -0.05) is 30.3 Å². The van der Waals surface area contributed by atoms with Gasteiger partial charge in [0.2, 0.25) is 0 Å². The van der Waals surface area contributed by atoms with Crippen LogP contribution in [0, 0.1) is 0 Å². The molecule has 18 heavy (non-hydrogen) atoms. The predicted molar refractivity (Wildman–Crippen MR) is 74.4 cm³/mol. The smallest absolute Gasteiger partial charge is 0.0524 e. The van der Waals surface area contributed by atoms with Crippen molar-refractivity contribution < 1.29 is 5.11 Å². The molecule has 1 heterocycles. The van der Waals surface area contributed by atoms with Crippen LogP contribution in [0.25, 0.3) is 0 Å². The molecular weight excluding hydrogens is 224 g/mol. The minimum Gasteiger partial charge on any atom is -0.393 e. The summed E-state index contributed by atoms with van der Waals surface area (Å²) in [4.78, 5) is 2.50. The zero-order valence-electron chi connectivity index (χ0n) is 11.2. The van der Waals surface area contributed by atoms with Crippen LogP contribution in [0.4, 0.5) is 0 Å². The second-order valence-corrected chi connectivity index (χ2v) is 5.30. The summed E-state index contributed by atoms with van der Waals surface area (Å²) in [6, 6.07) is 11.2. The van der Waals surface area contributed by atoms with E-state index in [4.69, 9.17) is 0 Å². The van der Waals surface area contributed by atoms with Crippen LogP contribution < -0.4 is 5.32 Å². The number of benzene rings is 1. The van der Waals surface area contributed by atoms with Gasteiger partial charge in [-0.05, 0) is 31.9 Å². The Morgan fingerprint density at radius 3 is 2.89 bits per heavy atom. The van der Waals surface area contributed by atoms with E-state index in [0.717, 1.165) is 26.1 Å². The Hall–Kier alpha value is -0.900. The molecule has 2 rings (SSSR count). The predicted octanol–water partition coefficient (Wildman–Crippen LogP) is 1.62. The zero-order valence-corrected chi connectivity index (χ0v) is 11.2. The Morgan fingerprint density at radius 1 is 1.39 bits per heavy atom. The maximum absolute atomic E-state index is 9.22. The molecular formula is C15H24N2O. The highest BCUT2D eigenvalue weighted by molar-refractivity contribution is 5.14. The first-order chi connectivity index (χ1) is 8.74. The molecule has 0 amide bonds. The van der Waals surface area contributed by atoms with Gasteiger partial charge >= 0.3 is 0 Å². The third-order valence-corrected chi connectivity index (χ3v) is 3.52. The van der Waals surface area contributed by atoms with Crippen molar-refractivity contribution in [2.75, 3.05) is 19.6 Å². The van der Waals surface area contributed by atoms with E-state index in [1.165, 1.54) is 18.5 Å². The van der Waals surface area contributed by atoms with Crippen LogP contribution in [-0.4, -0.2) is 41.8 Å². The number of nitrogens with one attached hydrogen (secondary N) is 1. The molecule has 0 aliphatic carbocycles. The van der Waals surface area contributed by atoms with Crippen molar-refractivity contribution in [2.24, 2.45) is 0 Å². The molecule has 1 aromatic rings. The zero-order chi connectivity index (χ0) is 12.8. The Bertz CT molecular complexity index is 340. The molecule has 3 heteroatoms. The molecule has 0 aromatic heterocycles. The fourth-order valence-electron chi connectivity index (χ4n) is 2.48. The van der Waals surface area contributed by atoms with Gasteiger partial charge in [0, 0.05) is 25.7 Å². The number of aliphatic hydroxyl groups excluding tert-OH is 1. The lowest BCUT2D eigenvalue weighted by molar-refractivity contribution is 0.182. The van der Waals surface area contributed by atoms with Gasteiger partial charge in [0.15, 0.2) is 0 Å². The second kappa shape index (κ2) is 6.88. The Balaban J connectivity index is 1.69. The normalized spacial score (nSPS) is 22.2. The minimum atomic E-state index is -0.195. The molecule has 0 spiro atoms. The van der Waals surface area contributed by atoms with Gasteiger partial charge in [-0.2, -0.15) is 0 Å². The van der Waals surface area contributed by atoms with Crippen molar-refractivity contribution in [3.05, 3.63) is 35.9 Å². The maximum atomic E-state index is 9.22. The number of nitrogens with zero attached hydrogens (tertiary/aromatic N) is 1. The van der Waals surface area contributed by atoms with Gasteiger partial charge in [0.25, 0.3) is 0 Å². The number of hydrogen-bond acceptors (Lipinski definition) is 3. The van der Waals surface area contributed by atoms with Crippen molar-refractivity contribution >= 4 is 0 Å². The molecule has 1 saturated heterocycles.